The van der Waals surface area contributed by atoms with Crippen molar-refractivity contribution < 1.29 is 4.79 Å². The molecule has 1 atom stereocenters. The lowest BCUT2D eigenvalue weighted by molar-refractivity contribution is 0.0945. The number of hydrogen-bond donors (Lipinski definition) is 2. The highest BCUT2D eigenvalue weighted by Gasteiger charge is 2.10. The summed E-state index contributed by atoms with van der Waals surface area (Å²) in [6.45, 7) is 2.23. The molecule has 0 aromatic carbocycles. The first-order valence-corrected chi connectivity index (χ1v) is 5.13. The van der Waals surface area contributed by atoms with Crippen LogP contribution in [0.5, 0.6) is 0 Å². The number of amides is 1. The van der Waals surface area contributed by atoms with Gasteiger partial charge in [-0.05, 0) is 18.6 Å². The second kappa shape index (κ2) is 5.89. The van der Waals surface area contributed by atoms with Gasteiger partial charge in [-0.15, -0.1) is 6.42 Å². The Kier molecular flexibility index (Phi) is 4.49. The maximum Gasteiger partial charge on any atom is 0.252 e. The molecule has 4 heteroatoms. The summed E-state index contributed by atoms with van der Waals surface area (Å²) in [5, 5.41) is 2.74. The Labute approximate surface area is 95.3 Å². The van der Waals surface area contributed by atoms with Crippen molar-refractivity contribution >= 4 is 5.91 Å². The van der Waals surface area contributed by atoms with Crippen molar-refractivity contribution in [2.75, 3.05) is 0 Å². The predicted molar refractivity (Wildman–Crippen MR) is 62.5 cm³/mol. The maximum absolute atomic E-state index is 11.8. The third-order valence-electron chi connectivity index (χ3n) is 2.20. The lowest BCUT2D eigenvalue weighted by Crippen LogP contribution is -2.33. The fourth-order valence-electron chi connectivity index (χ4n) is 1.23. The van der Waals surface area contributed by atoms with Crippen LogP contribution < -0.4 is 11.1 Å². The standard InChI is InChI=1S/C12H15N3O/c1-3-10(4-2)15-12(16)9-5-6-14-11(7-9)8-13/h1,5-7,10H,4,8,13H2,2H3,(H,15,16). The number of nitrogens with two attached hydrogens (primary N) is 1. The normalized spacial score (nSPS) is 11.6. The van der Waals surface area contributed by atoms with Gasteiger partial charge in [0, 0.05) is 18.3 Å². The number of terminal acetylenes is 1. The van der Waals surface area contributed by atoms with Crippen molar-refractivity contribution in [3.63, 3.8) is 0 Å². The van der Waals surface area contributed by atoms with Crippen LogP contribution in [0.1, 0.15) is 29.4 Å². The van der Waals surface area contributed by atoms with Crippen molar-refractivity contribution in [3.05, 3.63) is 29.6 Å². The molecule has 1 unspecified atom stereocenters. The van der Waals surface area contributed by atoms with Gasteiger partial charge in [0.2, 0.25) is 0 Å². The smallest absolute Gasteiger partial charge is 0.252 e. The lowest BCUT2D eigenvalue weighted by Gasteiger charge is -2.10. The molecule has 4 nitrogen and oxygen atoms in total. The zero-order valence-corrected chi connectivity index (χ0v) is 9.23. The topological polar surface area (TPSA) is 68.0 Å². The van der Waals surface area contributed by atoms with E-state index in [0.29, 0.717) is 24.2 Å². The van der Waals surface area contributed by atoms with E-state index in [1.54, 1.807) is 18.3 Å². The second-order valence-electron chi connectivity index (χ2n) is 3.34. The third kappa shape index (κ3) is 3.07. The molecule has 0 fully saturated rings. The monoisotopic (exact) mass is 217 g/mol. The Hall–Kier alpha value is -1.86. The predicted octanol–water partition coefficient (Wildman–Crippen LogP) is 0.682. The molecule has 0 aliphatic carbocycles. The van der Waals surface area contributed by atoms with E-state index in [1.807, 2.05) is 6.92 Å². The molecule has 3 N–H and O–H groups in total. The van der Waals surface area contributed by atoms with Gasteiger partial charge in [0.05, 0.1) is 11.7 Å². The van der Waals surface area contributed by atoms with Gasteiger partial charge in [0.25, 0.3) is 5.91 Å². The fraction of sp³-hybridized carbons (Fsp3) is 0.333. The molecule has 84 valence electrons. The SMILES string of the molecule is C#CC(CC)NC(=O)c1ccnc(CN)c1. The summed E-state index contributed by atoms with van der Waals surface area (Å²) >= 11 is 0. The Morgan fingerprint density at radius 3 is 3.06 bits per heavy atom. The molecule has 16 heavy (non-hydrogen) atoms. The van der Waals surface area contributed by atoms with Gasteiger partial charge in [0.1, 0.15) is 0 Å². The Bertz CT molecular complexity index is 409. The molecule has 1 heterocycles. The van der Waals surface area contributed by atoms with Gasteiger partial charge in [-0.3, -0.25) is 9.78 Å². The number of nitrogens with one attached hydrogen (secondary N) is 1. The number of aromatic nitrogens is 1. The van der Waals surface area contributed by atoms with E-state index in [1.165, 1.54) is 0 Å². The van der Waals surface area contributed by atoms with E-state index in [-0.39, 0.29) is 11.9 Å². The average Bonchev–Trinajstić information content (AvgIpc) is 2.35. The van der Waals surface area contributed by atoms with E-state index in [9.17, 15) is 4.79 Å². The molecule has 0 radical (unpaired) electrons. The quantitative estimate of drug-likeness (QED) is 0.729. The zero-order chi connectivity index (χ0) is 12.0. The van der Waals surface area contributed by atoms with Crippen molar-refractivity contribution in [1.82, 2.24) is 10.3 Å². The first-order chi connectivity index (χ1) is 7.71. The number of pyridine rings is 1. The molecule has 1 aromatic heterocycles. The van der Waals surface area contributed by atoms with Crippen molar-refractivity contribution in [2.45, 2.75) is 25.9 Å². The molecule has 0 saturated heterocycles. The van der Waals surface area contributed by atoms with Crippen molar-refractivity contribution in [3.8, 4) is 12.3 Å². The summed E-state index contributed by atoms with van der Waals surface area (Å²) in [4.78, 5) is 15.8. The number of rotatable bonds is 4. The van der Waals surface area contributed by atoms with Crippen LogP contribution in [0.4, 0.5) is 0 Å². The second-order valence-corrected chi connectivity index (χ2v) is 3.34. The Morgan fingerprint density at radius 1 is 1.75 bits per heavy atom. The third-order valence-corrected chi connectivity index (χ3v) is 2.20. The molecule has 1 aromatic rings. The summed E-state index contributed by atoms with van der Waals surface area (Å²) in [6, 6.07) is 3.07. The Balaban J connectivity index is 2.77. The van der Waals surface area contributed by atoms with Crippen LogP contribution in [0, 0.1) is 12.3 Å². The zero-order valence-electron chi connectivity index (χ0n) is 9.23. The van der Waals surface area contributed by atoms with E-state index in [2.05, 4.69) is 16.2 Å². The van der Waals surface area contributed by atoms with Gasteiger partial charge < -0.3 is 11.1 Å². The minimum absolute atomic E-state index is 0.193. The number of nitrogens with zero attached hydrogens (tertiary/aromatic N) is 1. The molecular formula is C12H15N3O. The van der Waals surface area contributed by atoms with E-state index in [0.717, 1.165) is 0 Å². The molecule has 0 aliphatic rings. The molecule has 1 amide bonds. The first kappa shape index (κ1) is 12.2. The summed E-state index contributed by atoms with van der Waals surface area (Å²) in [5.74, 6) is 2.32. The lowest BCUT2D eigenvalue weighted by atomic mass is 10.2. The van der Waals surface area contributed by atoms with E-state index >= 15 is 0 Å². The van der Waals surface area contributed by atoms with Crippen LogP contribution >= 0.6 is 0 Å². The van der Waals surface area contributed by atoms with Crippen LogP contribution in [0.3, 0.4) is 0 Å². The molecular weight excluding hydrogens is 202 g/mol. The highest BCUT2D eigenvalue weighted by Crippen LogP contribution is 2.02. The van der Waals surface area contributed by atoms with Crippen LogP contribution in [0.2, 0.25) is 0 Å². The largest absolute Gasteiger partial charge is 0.338 e. The van der Waals surface area contributed by atoms with Crippen LogP contribution in [-0.2, 0) is 6.54 Å². The van der Waals surface area contributed by atoms with E-state index in [4.69, 9.17) is 12.2 Å². The van der Waals surface area contributed by atoms with Crippen molar-refractivity contribution in [1.29, 1.82) is 0 Å². The van der Waals surface area contributed by atoms with E-state index < -0.39 is 0 Å². The van der Waals surface area contributed by atoms with Crippen LogP contribution in [0.25, 0.3) is 0 Å². The fourth-order valence-corrected chi connectivity index (χ4v) is 1.23. The average molecular weight is 217 g/mol. The van der Waals surface area contributed by atoms with Crippen molar-refractivity contribution in [2.24, 2.45) is 5.73 Å². The van der Waals surface area contributed by atoms with Gasteiger partial charge in [-0.25, -0.2) is 0 Å². The van der Waals surface area contributed by atoms with Gasteiger partial charge >= 0.3 is 0 Å². The minimum Gasteiger partial charge on any atom is -0.338 e. The summed E-state index contributed by atoms with van der Waals surface area (Å²) in [6.07, 6.45) is 7.54. The molecule has 0 spiro atoms. The van der Waals surface area contributed by atoms with Gasteiger partial charge in [-0.1, -0.05) is 12.8 Å². The number of carbonyl (C=O) groups excluding carboxylic acids is 1. The molecule has 0 saturated carbocycles. The van der Waals surface area contributed by atoms with Gasteiger partial charge in [0.15, 0.2) is 0 Å². The maximum atomic E-state index is 11.8. The summed E-state index contributed by atoms with van der Waals surface area (Å²) < 4.78 is 0. The highest BCUT2D eigenvalue weighted by atomic mass is 16.1. The minimum atomic E-state index is -0.234. The molecule has 1 rings (SSSR count). The van der Waals surface area contributed by atoms with Gasteiger partial charge in [-0.2, -0.15) is 0 Å². The number of carbonyl (C=O) groups is 1. The van der Waals surface area contributed by atoms with Crippen LogP contribution in [-0.4, -0.2) is 16.9 Å². The summed E-state index contributed by atoms with van der Waals surface area (Å²) in [5.41, 5.74) is 6.66. The first-order valence-electron chi connectivity index (χ1n) is 5.13. The highest BCUT2D eigenvalue weighted by molar-refractivity contribution is 5.94. The number of hydrogen-bond acceptors (Lipinski definition) is 3. The molecule has 0 bridgehead atoms. The molecule has 0 aliphatic heterocycles. The van der Waals surface area contributed by atoms with Crippen LogP contribution in [0.15, 0.2) is 18.3 Å². The Morgan fingerprint density at radius 2 is 2.50 bits per heavy atom. The summed E-state index contributed by atoms with van der Waals surface area (Å²) in [7, 11) is 0.